The van der Waals surface area contributed by atoms with E-state index in [9.17, 15) is 14.7 Å². The van der Waals surface area contributed by atoms with Crippen LogP contribution in [0.3, 0.4) is 0 Å². The van der Waals surface area contributed by atoms with Gasteiger partial charge in [-0.3, -0.25) is 4.79 Å². The van der Waals surface area contributed by atoms with Gasteiger partial charge < -0.3 is 19.5 Å². The minimum Gasteiger partial charge on any atom is -0.475 e. The molecule has 2 heterocycles. The van der Waals surface area contributed by atoms with Crippen molar-refractivity contribution in [2.24, 2.45) is 5.92 Å². The van der Waals surface area contributed by atoms with Crippen molar-refractivity contribution in [1.29, 1.82) is 0 Å². The lowest BCUT2D eigenvalue weighted by Crippen LogP contribution is -2.43. The fourth-order valence-electron chi connectivity index (χ4n) is 4.15. The molecule has 0 spiro atoms. The Bertz CT molecular complexity index is 855. The summed E-state index contributed by atoms with van der Waals surface area (Å²) in [4.78, 5) is 25.5. The fourth-order valence-corrected chi connectivity index (χ4v) is 4.15. The predicted octanol–water partition coefficient (Wildman–Crippen LogP) is 4.97. The maximum atomic E-state index is 12.7. The standard InChI is InChI=1S/C24H31NO5/c1-16(2)15-21(26)17-9-11-19(12-10-17)25-18(6-4-8-23(25)27)5-3-7-20-13-14-22(30-20)24(28)29/h9-14,16,18,21,26H,3-8,15H2,1-2H3,(H,28,29). The van der Waals surface area contributed by atoms with Crippen LogP contribution in [0.2, 0.25) is 0 Å². The van der Waals surface area contributed by atoms with Crippen LogP contribution in [-0.4, -0.2) is 28.1 Å². The molecule has 1 aliphatic heterocycles. The van der Waals surface area contributed by atoms with Crippen LogP contribution in [-0.2, 0) is 11.2 Å². The third-order valence-corrected chi connectivity index (χ3v) is 5.65. The number of carbonyl (C=O) groups is 2. The average Bonchev–Trinajstić information content (AvgIpc) is 3.17. The molecule has 1 aromatic carbocycles. The van der Waals surface area contributed by atoms with Crippen LogP contribution in [0.4, 0.5) is 5.69 Å². The summed E-state index contributed by atoms with van der Waals surface area (Å²) in [5.41, 5.74) is 1.75. The molecular formula is C24H31NO5. The molecule has 0 bridgehead atoms. The zero-order valence-corrected chi connectivity index (χ0v) is 17.7. The van der Waals surface area contributed by atoms with Gasteiger partial charge in [-0.1, -0.05) is 26.0 Å². The lowest BCUT2D eigenvalue weighted by Gasteiger charge is -2.36. The topological polar surface area (TPSA) is 91.0 Å². The number of benzene rings is 1. The summed E-state index contributed by atoms with van der Waals surface area (Å²) >= 11 is 0. The van der Waals surface area contributed by atoms with E-state index in [0.29, 0.717) is 30.9 Å². The van der Waals surface area contributed by atoms with E-state index in [-0.39, 0.29) is 17.7 Å². The van der Waals surface area contributed by atoms with Crippen LogP contribution in [0, 0.1) is 5.92 Å². The van der Waals surface area contributed by atoms with Crippen molar-refractivity contribution in [2.75, 3.05) is 4.90 Å². The number of rotatable bonds is 9. The van der Waals surface area contributed by atoms with E-state index in [2.05, 4.69) is 13.8 Å². The number of anilines is 1. The molecule has 2 unspecified atom stereocenters. The van der Waals surface area contributed by atoms with Crippen LogP contribution in [0.5, 0.6) is 0 Å². The summed E-state index contributed by atoms with van der Waals surface area (Å²) in [5.74, 6) is 0.0948. The Morgan fingerprint density at radius 3 is 2.57 bits per heavy atom. The Balaban J connectivity index is 1.64. The fraction of sp³-hybridized carbons (Fsp3) is 0.500. The second-order valence-electron chi connectivity index (χ2n) is 8.51. The number of piperidine rings is 1. The number of carbonyl (C=O) groups excluding carboxylic acids is 1. The number of amides is 1. The van der Waals surface area contributed by atoms with E-state index < -0.39 is 12.1 Å². The molecule has 1 saturated heterocycles. The van der Waals surface area contributed by atoms with Crippen molar-refractivity contribution >= 4 is 17.6 Å². The highest BCUT2D eigenvalue weighted by Gasteiger charge is 2.29. The highest BCUT2D eigenvalue weighted by molar-refractivity contribution is 5.94. The molecule has 2 aromatic rings. The molecule has 0 aliphatic carbocycles. The Kier molecular flexibility index (Phi) is 7.32. The van der Waals surface area contributed by atoms with E-state index in [4.69, 9.17) is 9.52 Å². The average molecular weight is 414 g/mol. The molecule has 6 heteroatoms. The van der Waals surface area contributed by atoms with E-state index >= 15 is 0 Å². The van der Waals surface area contributed by atoms with Crippen molar-refractivity contribution in [3.8, 4) is 0 Å². The largest absolute Gasteiger partial charge is 0.475 e. The summed E-state index contributed by atoms with van der Waals surface area (Å²) in [6, 6.07) is 11.0. The molecule has 0 saturated carbocycles. The van der Waals surface area contributed by atoms with Gasteiger partial charge in [-0.25, -0.2) is 4.79 Å². The molecular weight excluding hydrogens is 382 g/mol. The first-order valence-corrected chi connectivity index (χ1v) is 10.8. The summed E-state index contributed by atoms with van der Waals surface area (Å²) in [7, 11) is 0. The number of aromatic carboxylic acids is 1. The Morgan fingerprint density at radius 2 is 1.93 bits per heavy atom. The number of aliphatic hydroxyl groups excluding tert-OH is 1. The summed E-state index contributed by atoms with van der Waals surface area (Å²) in [6.07, 6.45) is 4.88. The van der Waals surface area contributed by atoms with Crippen molar-refractivity contribution in [3.05, 3.63) is 53.5 Å². The smallest absolute Gasteiger partial charge is 0.371 e. The third kappa shape index (κ3) is 5.51. The summed E-state index contributed by atoms with van der Waals surface area (Å²) in [6.45, 7) is 4.17. The zero-order valence-electron chi connectivity index (χ0n) is 17.7. The molecule has 2 N–H and O–H groups in total. The summed E-state index contributed by atoms with van der Waals surface area (Å²) in [5, 5.41) is 19.3. The normalized spacial score (nSPS) is 18.1. The van der Waals surface area contributed by atoms with Gasteiger partial charge >= 0.3 is 5.97 Å². The Hall–Kier alpha value is -2.60. The monoisotopic (exact) mass is 413 g/mol. The SMILES string of the molecule is CC(C)CC(O)c1ccc(N2C(=O)CCCC2CCCc2ccc(C(=O)O)o2)cc1. The number of aliphatic hydroxyl groups is 1. The third-order valence-electron chi connectivity index (χ3n) is 5.65. The van der Waals surface area contributed by atoms with E-state index in [0.717, 1.165) is 36.9 Å². The number of aryl methyl sites for hydroxylation is 1. The van der Waals surface area contributed by atoms with Gasteiger partial charge in [0.1, 0.15) is 5.76 Å². The number of nitrogens with zero attached hydrogens (tertiary/aromatic N) is 1. The van der Waals surface area contributed by atoms with Crippen LogP contribution < -0.4 is 4.90 Å². The van der Waals surface area contributed by atoms with Gasteiger partial charge in [0.25, 0.3) is 0 Å². The molecule has 1 fully saturated rings. The Labute approximate surface area is 177 Å². The quantitative estimate of drug-likeness (QED) is 0.606. The maximum absolute atomic E-state index is 12.7. The maximum Gasteiger partial charge on any atom is 0.371 e. The lowest BCUT2D eigenvalue weighted by molar-refractivity contribution is -0.120. The van der Waals surface area contributed by atoms with E-state index in [1.165, 1.54) is 6.07 Å². The first-order chi connectivity index (χ1) is 14.3. The number of hydrogen-bond acceptors (Lipinski definition) is 4. The van der Waals surface area contributed by atoms with Gasteiger partial charge in [0, 0.05) is 24.6 Å². The minimum absolute atomic E-state index is 0.0424. The van der Waals surface area contributed by atoms with Gasteiger partial charge in [-0.05, 0) is 67.9 Å². The second kappa shape index (κ2) is 9.94. The molecule has 1 amide bonds. The molecule has 30 heavy (non-hydrogen) atoms. The molecule has 162 valence electrons. The van der Waals surface area contributed by atoms with Crippen molar-refractivity contribution < 1.29 is 24.2 Å². The molecule has 3 rings (SSSR count). The number of carboxylic acid groups (broad SMARTS) is 1. The highest BCUT2D eigenvalue weighted by Crippen LogP contribution is 2.30. The first kappa shape index (κ1) is 22.1. The Morgan fingerprint density at radius 1 is 1.20 bits per heavy atom. The van der Waals surface area contributed by atoms with Crippen molar-refractivity contribution in [1.82, 2.24) is 0 Å². The summed E-state index contributed by atoms with van der Waals surface area (Å²) < 4.78 is 5.33. The van der Waals surface area contributed by atoms with Crippen molar-refractivity contribution in [2.45, 2.75) is 70.9 Å². The van der Waals surface area contributed by atoms with Gasteiger partial charge in [0.05, 0.1) is 6.10 Å². The number of carboxylic acids is 1. The molecule has 6 nitrogen and oxygen atoms in total. The van der Waals surface area contributed by atoms with Gasteiger partial charge in [-0.2, -0.15) is 0 Å². The van der Waals surface area contributed by atoms with Crippen molar-refractivity contribution in [3.63, 3.8) is 0 Å². The predicted molar refractivity (Wildman–Crippen MR) is 115 cm³/mol. The van der Waals surface area contributed by atoms with E-state index in [1.807, 2.05) is 29.2 Å². The zero-order chi connectivity index (χ0) is 21.7. The first-order valence-electron chi connectivity index (χ1n) is 10.8. The number of furan rings is 1. The van der Waals surface area contributed by atoms with Crippen LogP contribution in [0.15, 0.2) is 40.8 Å². The van der Waals surface area contributed by atoms with Crippen LogP contribution in [0.1, 0.15) is 80.4 Å². The molecule has 2 atom stereocenters. The van der Waals surface area contributed by atoms with Crippen LogP contribution in [0.25, 0.3) is 0 Å². The van der Waals surface area contributed by atoms with Gasteiger partial charge in [-0.15, -0.1) is 0 Å². The van der Waals surface area contributed by atoms with Gasteiger partial charge in [0.15, 0.2) is 0 Å². The highest BCUT2D eigenvalue weighted by atomic mass is 16.4. The van der Waals surface area contributed by atoms with Gasteiger partial charge in [0.2, 0.25) is 11.7 Å². The van der Waals surface area contributed by atoms with Crippen LogP contribution >= 0.6 is 0 Å². The second-order valence-corrected chi connectivity index (χ2v) is 8.51. The minimum atomic E-state index is -1.06. The lowest BCUT2D eigenvalue weighted by atomic mass is 9.95. The molecule has 0 radical (unpaired) electrons. The van der Waals surface area contributed by atoms with E-state index in [1.54, 1.807) is 6.07 Å². The number of hydrogen-bond donors (Lipinski definition) is 2. The molecule has 1 aromatic heterocycles. The molecule has 1 aliphatic rings.